The molecular weight excluding hydrogens is 866 g/mol. The predicted molar refractivity (Wildman–Crippen MR) is 232 cm³/mol. The zero-order chi connectivity index (χ0) is 47.0. The summed E-state index contributed by atoms with van der Waals surface area (Å²) < 4.78 is 45.0. The molecule has 6 aromatic rings. The van der Waals surface area contributed by atoms with E-state index >= 15 is 0 Å². The second-order valence-electron chi connectivity index (χ2n) is 16.4. The number of carboxylic acid groups (broad SMARTS) is 1. The fraction of sp³-hybridized carbons (Fsp3) is 0.400. The molecule has 1 atom stereocenters. The van der Waals surface area contributed by atoms with E-state index in [-0.39, 0.29) is 24.1 Å². The van der Waals surface area contributed by atoms with Crippen molar-refractivity contribution in [2.24, 2.45) is 0 Å². The Morgan fingerprint density at radius 1 is 1.03 bits per heavy atom. The van der Waals surface area contributed by atoms with Crippen LogP contribution in [0.3, 0.4) is 0 Å². The van der Waals surface area contributed by atoms with Gasteiger partial charge in [-0.15, -0.1) is 0 Å². The molecule has 1 saturated heterocycles. The number of aliphatic carboxylic acids is 1. The van der Waals surface area contributed by atoms with Crippen molar-refractivity contribution in [1.82, 2.24) is 45.4 Å². The molecule has 6 heterocycles. The highest BCUT2D eigenvalue weighted by atomic mass is 19.4. The van der Waals surface area contributed by atoms with Gasteiger partial charge in [0.2, 0.25) is 17.6 Å². The number of nitrogens with zero attached hydrogens (tertiary/aromatic N) is 6. The Kier molecular flexibility index (Phi) is 12.5. The molecule has 1 aliphatic carbocycles. The monoisotopic (exact) mass is 912 g/mol. The van der Waals surface area contributed by atoms with Crippen molar-refractivity contribution in [3.63, 3.8) is 0 Å². The Bertz CT molecular complexity index is 2880. The number of aromatic amines is 1. The van der Waals surface area contributed by atoms with Crippen molar-refractivity contribution in [3.05, 3.63) is 76.1 Å². The molecule has 9 rings (SSSR count). The lowest BCUT2D eigenvalue weighted by atomic mass is 9.98. The lowest BCUT2D eigenvalue weighted by Gasteiger charge is -2.29. The van der Waals surface area contributed by atoms with Crippen LogP contribution in [0, 0.1) is 13.8 Å². The smallest absolute Gasteiger partial charge is 0.490 e. The molecule has 0 spiro atoms. The molecule has 0 bridgehead atoms. The SMILES string of the molecule is CCn1nc(C2CC2)cc1Nc1nc(C(=O)NCCCCCc2cccc3c2CN(C2CCC(=O)NC2=O)C3=O)nc2[nH]c3cc(-c4c(C)noc4C)c(OC)cc3c12.O=C(O)C(F)(F)F. The van der Waals surface area contributed by atoms with E-state index in [4.69, 9.17) is 34.2 Å². The van der Waals surface area contributed by atoms with Gasteiger partial charge in [0.05, 0.1) is 29.4 Å². The number of carbonyl (C=O) groups is 5. The number of amides is 4. The standard InChI is InChI=1S/C43H46N10O6.C2HF3O2/c1-5-53-34(20-30(50-53)25-13-14-25)46-39-37-27-19-33(58-4)28(36-22(2)51-59-23(36)3)18-31(27)45-38(37)48-40(49-39)42(56)44-17-8-6-7-10-24-11-9-12-26-29(24)21-52(43(26)57)32-15-16-35(54)47-41(32)55;3-2(4,5)1(6)7/h9,11-12,18-20,25,32H,5-8,10,13-17,21H2,1-4H3,(H,44,56)(H,47,54,55)(H2,45,46,48,49);(H,6,7). The quantitative estimate of drug-likeness (QED) is 0.0561. The van der Waals surface area contributed by atoms with Gasteiger partial charge in [0.1, 0.15) is 34.8 Å². The van der Waals surface area contributed by atoms with Gasteiger partial charge in [-0.05, 0) is 88.6 Å². The van der Waals surface area contributed by atoms with E-state index in [9.17, 15) is 32.3 Å². The number of benzene rings is 2. The summed E-state index contributed by atoms with van der Waals surface area (Å²) in [5, 5.41) is 26.5. The van der Waals surface area contributed by atoms with Crippen LogP contribution in [0.2, 0.25) is 0 Å². The van der Waals surface area contributed by atoms with Gasteiger partial charge in [-0.2, -0.15) is 18.3 Å². The first-order valence-corrected chi connectivity index (χ1v) is 21.6. The van der Waals surface area contributed by atoms with Gasteiger partial charge < -0.3 is 34.9 Å². The van der Waals surface area contributed by atoms with E-state index in [1.54, 1.807) is 18.1 Å². The summed E-state index contributed by atoms with van der Waals surface area (Å²) in [5.74, 6) is -0.989. The van der Waals surface area contributed by atoms with Crippen LogP contribution in [0.15, 0.2) is 40.9 Å². The van der Waals surface area contributed by atoms with Crippen molar-refractivity contribution < 1.29 is 51.5 Å². The molecular formula is C45H47F3N10O8. The minimum absolute atomic E-state index is 0.0273. The number of H-pyrrole nitrogens is 1. The van der Waals surface area contributed by atoms with Crippen LogP contribution in [0.5, 0.6) is 5.75 Å². The third-order valence-corrected chi connectivity index (χ3v) is 11.9. The number of anilines is 2. The summed E-state index contributed by atoms with van der Waals surface area (Å²) in [5.41, 5.74) is 7.36. The van der Waals surface area contributed by atoms with E-state index in [2.05, 4.69) is 32.2 Å². The van der Waals surface area contributed by atoms with Crippen molar-refractivity contribution in [2.75, 3.05) is 19.0 Å². The molecule has 346 valence electrons. The summed E-state index contributed by atoms with van der Waals surface area (Å²) in [6, 6.07) is 11.1. The number of carbonyl (C=O) groups excluding carboxylic acids is 4. The number of unbranched alkanes of at least 4 members (excludes halogenated alkanes) is 2. The Morgan fingerprint density at radius 2 is 1.80 bits per heavy atom. The zero-order valence-corrected chi connectivity index (χ0v) is 36.5. The van der Waals surface area contributed by atoms with Crippen LogP contribution in [0.4, 0.5) is 24.8 Å². The molecule has 21 heteroatoms. The highest BCUT2D eigenvalue weighted by Crippen LogP contribution is 2.43. The highest BCUT2D eigenvalue weighted by molar-refractivity contribution is 6.14. The van der Waals surface area contributed by atoms with Gasteiger partial charge in [0.25, 0.3) is 11.8 Å². The van der Waals surface area contributed by atoms with Gasteiger partial charge in [0, 0.05) is 60.1 Å². The number of rotatable bonds is 14. The maximum atomic E-state index is 13.7. The van der Waals surface area contributed by atoms with Crippen molar-refractivity contribution in [2.45, 2.75) is 103 Å². The maximum absolute atomic E-state index is 13.7. The minimum Gasteiger partial charge on any atom is -0.496 e. The number of imide groups is 1. The molecule has 4 aromatic heterocycles. The van der Waals surface area contributed by atoms with E-state index < -0.39 is 30.0 Å². The number of hydrogen-bond donors (Lipinski definition) is 5. The molecule has 5 N–H and O–H groups in total. The number of hydrogen-bond acceptors (Lipinski definition) is 12. The minimum atomic E-state index is -5.08. The number of aromatic nitrogens is 6. The Balaban J connectivity index is 0.000000785. The summed E-state index contributed by atoms with van der Waals surface area (Å²) >= 11 is 0. The number of nitrogens with one attached hydrogen (secondary N) is 4. The number of fused-ring (bicyclic) bond motifs is 4. The summed E-state index contributed by atoms with van der Waals surface area (Å²) in [6.45, 7) is 7.24. The molecule has 18 nitrogen and oxygen atoms in total. The summed E-state index contributed by atoms with van der Waals surface area (Å²) in [7, 11) is 1.63. The van der Waals surface area contributed by atoms with Gasteiger partial charge in [-0.1, -0.05) is 23.7 Å². The Hall–Kier alpha value is -7.32. The largest absolute Gasteiger partial charge is 0.496 e. The Morgan fingerprint density at radius 3 is 2.47 bits per heavy atom. The molecule has 3 aliphatic rings. The molecule has 0 radical (unpaired) electrons. The Labute approximate surface area is 374 Å². The third-order valence-electron chi connectivity index (χ3n) is 11.9. The average molecular weight is 913 g/mol. The van der Waals surface area contributed by atoms with E-state index in [0.717, 1.165) is 88.9 Å². The molecule has 66 heavy (non-hydrogen) atoms. The lowest BCUT2D eigenvalue weighted by Crippen LogP contribution is -2.52. The number of alkyl halides is 3. The van der Waals surface area contributed by atoms with Crippen molar-refractivity contribution in [1.29, 1.82) is 0 Å². The van der Waals surface area contributed by atoms with E-state index in [1.165, 1.54) is 0 Å². The number of piperidine rings is 1. The van der Waals surface area contributed by atoms with Crippen LogP contribution >= 0.6 is 0 Å². The van der Waals surface area contributed by atoms with E-state index in [1.807, 2.05) is 49.7 Å². The van der Waals surface area contributed by atoms with Gasteiger partial charge >= 0.3 is 12.1 Å². The van der Waals surface area contributed by atoms with Gasteiger partial charge in [-0.25, -0.2) is 19.4 Å². The molecule has 2 aliphatic heterocycles. The van der Waals surface area contributed by atoms with Crippen LogP contribution < -0.4 is 20.7 Å². The second-order valence-corrected chi connectivity index (χ2v) is 16.4. The van der Waals surface area contributed by atoms with Gasteiger partial charge in [0.15, 0.2) is 0 Å². The first-order chi connectivity index (χ1) is 31.6. The number of aryl methyl sites for hydroxylation is 4. The van der Waals surface area contributed by atoms with Crippen molar-refractivity contribution in [3.8, 4) is 16.9 Å². The number of methoxy groups -OCH3 is 1. The first-order valence-electron chi connectivity index (χ1n) is 21.6. The number of halogens is 3. The topological polar surface area (TPSA) is 240 Å². The van der Waals surface area contributed by atoms with Crippen LogP contribution in [0.25, 0.3) is 33.1 Å². The zero-order valence-electron chi connectivity index (χ0n) is 36.5. The average Bonchev–Trinajstić information content (AvgIpc) is 3.65. The first kappa shape index (κ1) is 45.3. The molecule has 1 unspecified atom stereocenters. The fourth-order valence-electron chi connectivity index (χ4n) is 8.51. The van der Waals surface area contributed by atoms with Crippen LogP contribution in [-0.4, -0.2) is 95.4 Å². The number of carboxylic acids is 1. The second kappa shape index (κ2) is 18.3. The lowest BCUT2D eigenvalue weighted by molar-refractivity contribution is -0.192. The molecule has 1 saturated carbocycles. The number of ether oxygens (including phenoxy) is 1. The van der Waals surface area contributed by atoms with Crippen molar-refractivity contribution >= 4 is 63.2 Å². The normalized spacial score (nSPS) is 16.0. The predicted octanol–water partition coefficient (Wildman–Crippen LogP) is 6.77. The molecule has 2 fully saturated rings. The third kappa shape index (κ3) is 9.14. The highest BCUT2D eigenvalue weighted by Gasteiger charge is 2.40. The van der Waals surface area contributed by atoms with Gasteiger partial charge in [-0.3, -0.25) is 24.5 Å². The fourth-order valence-corrected chi connectivity index (χ4v) is 8.51. The molecule has 2 aromatic carbocycles. The van der Waals surface area contributed by atoms with Crippen LogP contribution in [0.1, 0.15) is 107 Å². The summed E-state index contributed by atoms with van der Waals surface area (Å²) in [4.78, 5) is 74.7. The summed E-state index contributed by atoms with van der Waals surface area (Å²) in [6.07, 6.45) is 0.873. The van der Waals surface area contributed by atoms with E-state index in [0.29, 0.717) is 65.9 Å². The maximum Gasteiger partial charge on any atom is 0.490 e. The van der Waals surface area contributed by atoms with Crippen LogP contribution in [-0.2, 0) is 33.9 Å². The molecule has 4 amide bonds.